The first-order chi connectivity index (χ1) is 8.63. The SMILES string of the molecule is CCCCC1(CC)OC1[S@@](=O)c1ccc(C)cc1. The third-order valence-electron chi connectivity index (χ3n) is 3.71. The van der Waals surface area contributed by atoms with Crippen LogP contribution in [-0.4, -0.2) is 15.2 Å². The van der Waals surface area contributed by atoms with E-state index in [-0.39, 0.29) is 11.0 Å². The lowest BCUT2D eigenvalue weighted by Gasteiger charge is -2.09. The molecular formula is C15H22O2S. The molecule has 3 heteroatoms. The zero-order valence-corrected chi connectivity index (χ0v) is 12.3. The van der Waals surface area contributed by atoms with Gasteiger partial charge in [-0.3, -0.25) is 4.21 Å². The molecule has 1 heterocycles. The average Bonchev–Trinajstić information content (AvgIpc) is 3.12. The molecule has 1 aliphatic heterocycles. The van der Waals surface area contributed by atoms with Gasteiger partial charge in [0.05, 0.1) is 10.8 Å². The van der Waals surface area contributed by atoms with Gasteiger partial charge in [-0.2, -0.15) is 0 Å². The van der Waals surface area contributed by atoms with Crippen LogP contribution in [0.25, 0.3) is 0 Å². The Balaban J connectivity index is 2.05. The van der Waals surface area contributed by atoms with Gasteiger partial charge in [0.1, 0.15) is 5.60 Å². The van der Waals surface area contributed by atoms with E-state index in [0.717, 1.165) is 30.6 Å². The van der Waals surface area contributed by atoms with Crippen molar-refractivity contribution >= 4 is 10.8 Å². The van der Waals surface area contributed by atoms with Crippen molar-refractivity contribution in [3.63, 3.8) is 0 Å². The molecule has 0 N–H and O–H groups in total. The minimum Gasteiger partial charge on any atom is -0.351 e. The molecule has 0 radical (unpaired) electrons. The molecule has 2 nitrogen and oxygen atoms in total. The Bertz CT molecular complexity index is 427. The highest BCUT2D eigenvalue weighted by Gasteiger charge is 2.58. The molecule has 0 bridgehead atoms. The third-order valence-corrected chi connectivity index (χ3v) is 5.37. The van der Waals surface area contributed by atoms with Crippen molar-refractivity contribution in [2.75, 3.05) is 0 Å². The maximum Gasteiger partial charge on any atom is 0.166 e. The molecule has 1 saturated heterocycles. The standard InChI is InChI=1S/C15H22O2S/c1-4-6-11-15(5-2)14(17-15)18(16)13-9-7-12(3)8-10-13/h7-10,14H,4-6,11H2,1-3H3/t14?,15?,18-/m0/s1. The maximum absolute atomic E-state index is 12.4. The van der Waals surface area contributed by atoms with Crippen molar-refractivity contribution in [2.45, 2.75) is 62.4 Å². The summed E-state index contributed by atoms with van der Waals surface area (Å²) in [5, 5.41) is 0. The predicted octanol–water partition coefficient (Wildman–Crippen LogP) is 3.80. The van der Waals surface area contributed by atoms with Crippen LogP contribution in [0.3, 0.4) is 0 Å². The number of hydrogen-bond donors (Lipinski definition) is 0. The third kappa shape index (κ3) is 2.67. The molecule has 18 heavy (non-hydrogen) atoms. The Labute approximate surface area is 112 Å². The van der Waals surface area contributed by atoms with Crippen LogP contribution in [0, 0.1) is 6.92 Å². The highest BCUT2D eigenvalue weighted by Crippen LogP contribution is 2.47. The maximum atomic E-state index is 12.4. The monoisotopic (exact) mass is 266 g/mol. The molecule has 1 aromatic carbocycles. The number of benzene rings is 1. The fourth-order valence-electron chi connectivity index (χ4n) is 2.29. The number of epoxide rings is 1. The van der Waals surface area contributed by atoms with E-state index in [9.17, 15) is 4.21 Å². The summed E-state index contributed by atoms with van der Waals surface area (Å²) in [5.41, 5.74) is 0.975. The molecule has 2 unspecified atom stereocenters. The predicted molar refractivity (Wildman–Crippen MR) is 75.0 cm³/mol. The van der Waals surface area contributed by atoms with Crippen molar-refractivity contribution in [3.8, 4) is 0 Å². The van der Waals surface area contributed by atoms with Gasteiger partial charge in [-0.15, -0.1) is 0 Å². The molecule has 2 rings (SSSR count). The highest BCUT2D eigenvalue weighted by molar-refractivity contribution is 7.85. The van der Waals surface area contributed by atoms with E-state index in [4.69, 9.17) is 4.74 Å². The second kappa shape index (κ2) is 5.54. The van der Waals surface area contributed by atoms with Crippen molar-refractivity contribution < 1.29 is 8.95 Å². The number of ether oxygens (including phenoxy) is 1. The summed E-state index contributed by atoms with van der Waals surface area (Å²) < 4.78 is 18.2. The van der Waals surface area contributed by atoms with E-state index in [1.807, 2.05) is 31.2 Å². The Kier molecular flexibility index (Phi) is 4.23. The first-order valence-corrected chi connectivity index (χ1v) is 7.99. The molecule has 0 aliphatic carbocycles. The van der Waals surface area contributed by atoms with E-state index >= 15 is 0 Å². The van der Waals surface area contributed by atoms with Crippen LogP contribution >= 0.6 is 0 Å². The van der Waals surface area contributed by atoms with Crippen LogP contribution in [-0.2, 0) is 15.5 Å². The van der Waals surface area contributed by atoms with E-state index in [1.165, 1.54) is 5.56 Å². The minimum absolute atomic E-state index is 0.100. The zero-order valence-electron chi connectivity index (χ0n) is 11.4. The normalized spacial score (nSPS) is 28.1. The van der Waals surface area contributed by atoms with Gasteiger partial charge in [-0.05, 0) is 31.9 Å². The van der Waals surface area contributed by atoms with E-state index in [2.05, 4.69) is 13.8 Å². The minimum atomic E-state index is -1.03. The fourth-order valence-corrected chi connectivity index (χ4v) is 3.90. The molecule has 1 fully saturated rings. The van der Waals surface area contributed by atoms with Crippen LogP contribution in [0.15, 0.2) is 29.2 Å². The van der Waals surface area contributed by atoms with Crippen molar-refractivity contribution in [1.29, 1.82) is 0 Å². The number of aryl methyl sites for hydroxylation is 1. The first-order valence-electron chi connectivity index (χ1n) is 6.78. The Morgan fingerprint density at radius 3 is 2.50 bits per heavy atom. The molecule has 3 atom stereocenters. The van der Waals surface area contributed by atoms with Crippen LogP contribution in [0.2, 0.25) is 0 Å². The van der Waals surface area contributed by atoms with Gasteiger partial charge < -0.3 is 4.74 Å². The molecule has 0 amide bonds. The summed E-state index contributed by atoms with van der Waals surface area (Å²) in [6.45, 7) is 6.34. The number of hydrogen-bond acceptors (Lipinski definition) is 2. The molecule has 1 aromatic rings. The van der Waals surface area contributed by atoms with Gasteiger partial charge in [0.25, 0.3) is 0 Å². The van der Waals surface area contributed by atoms with Crippen LogP contribution in [0.5, 0.6) is 0 Å². The molecule has 1 aliphatic rings. The van der Waals surface area contributed by atoms with Crippen LogP contribution < -0.4 is 0 Å². The van der Waals surface area contributed by atoms with E-state index < -0.39 is 10.8 Å². The summed E-state index contributed by atoms with van der Waals surface area (Å²) >= 11 is 0. The van der Waals surface area contributed by atoms with Crippen LogP contribution in [0.4, 0.5) is 0 Å². The second-order valence-corrected chi connectivity index (χ2v) is 6.58. The molecule has 0 aromatic heterocycles. The average molecular weight is 266 g/mol. The topological polar surface area (TPSA) is 29.6 Å². The quantitative estimate of drug-likeness (QED) is 0.733. The summed E-state index contributed by atoms with van der Waals surface area (Å²) in [5.74, 6) is 0. The lowest BCUT2D eigenvalue weighted by molar-refractivity contribution is 0.274. The van der Waals surface area contributed by atoms with Crippen molar-refractivity contribution in [2.24, 2.45) is 0 Å². The van der Waals surface area contributed by atoms with Crippen molar-refractivity contribution in [3.05, 3.63) is 29.8 Å². The van der Waals surface area contributed by atoms with Gasteiger partial charge in [-0.25, -0.2) is 0 Å². The summed E-state index contributed by atoms with van der Waals surface area (Å²) in [6, 6.07) is 7.92. The van der Waals surface area contributed by atoms with Crippen LogP contribution in [0.1, 0.15) is 45.1 Å². The first kappa shape index (κ1) is 13.8. The molecule has 100 valence electrons. The molecular weight excluding hydrogens is 244 g/mol. The van der Waals surface area contributed by atoms with Gasteiger partial charge >= 0.3 is 0 Å². The zero-order chi connectivity index (χ0) is 13.2. The van der Waals surface area contributed by atoms with Gasteiger partial charge in [0.15, 0.2) is 5.44 Å². The Hall–Kier alpha value is -0.670. The lowest BCUT2D eigenvalue weighted by atomic mass is 10.0. The summed E-state index contributed by atoms with van der Waals surface area (Å²) in [7, 11) is -1.03. The Morgan fingerprint density at radius 2 is 1.94 bits per heavy atom. The number of rotatable bonds is 6. The van der Waals surface area contributed by atoms with Gasteiger partial charge in [0.2, 0.25) is 0 Å². The fraction of sp³-hybridized carbons (Fsp3) is 0.600. The Morgan fingerprint density at radius 1 is 1.28 bits per heavy atom. The van der Waals surface area contributed by atoms with Gasteiger partial charge in [-0.1, -0.05) is 44.4 Å². The van der Waals surface area contributed by atoms with Crippen molar-refractivity contribution in [1.82, 2.24) is 0 Å². The van der Waals surface area contributed by atoms with E-state index in [0.29, 0.717) is 0 Å². The summed E-state index contributed by atoms with van der Waals surface area (Å²) in [4.78, 5) is 0.887. The molecule has 0 spiro atoms. The lowest BCUT2D eigenvalue weighted by Crippen LogP contribution is -2.17. The smallest absolute Gasteiger partial charge is 0.166 e. The van der Waals surface area contributed by atoms with E-state index in [1.54, 1.807) is 0 Å². The summed E-state index contributed by atoms with van der Waals surface area (Å²) in [6.07, 6.45) is 4.29. The highest BCUT2D eigenvalue weighted by atomic mass is 32.2. The second-order valence-electron chi connectivity index (χ2n) is 5.08. The molecule has 0 saturated carbocycles. The largest absolute Gasteiger partial charge is 0.351 e. The number of unbranched alkanes of at least 4 members (excludes halogenated alkanes) is 1. The van der Waals surface area contributed by atoms with Gasteiger partial charge in [0, 0.05) is 4.90 Å².